The van der Waals surface area contributed by atoms with Crippen LogP contribution in [0.2, 0.25) is 5.02 Å². The number of rotatable bonds is 4. The van der Waals surface area contributed by atoms with Crippen LogP contribution >= 0.6 is 11.6 Å². The molecule has 3 aromatic rings. The second-order valence-electron chi connectivity index (χ2n) is 5.27. The van der Waals surface area contributed by atoms with Crippen molar-refractivity contribution in [3.63, 3.8) is 0 Å². The lowest BCUT2D eigenvalue weighted by Gasteiger charge is -2.03. The molecule has 0 spiro atoms. The van der Waals surface area contributed by atoms with E-state index in [1.807, 2.05) is 12.1 Å². The fourth-order valence-corrected chi connectivity index (χ4v) is 2.48. The topological polar surface area (TPSA) is 70.8 Å². The van der Waals surface area contributed by atoms with Gasteiger partial charge in [0.25, 0.3) is 0 Å². The van der Waals surface area contributed by atoms with Gasteiger partial charge in [0.05, 0.1) is 11.8 Å². The third-order valence-electron chi connectivity index (χ3n) is 3.62. The van der Waals surface area contributed by atoms with Crippen LogP contribution in [0, 0.1) is 0 Å². The lowest BCUT2D eigenvalue weighted by atomic mass is 10.2. The summed E-state index contributed by atoms with van der Waals surface area (Å²) in [7, 11) is 0. The first-order valence-corrected chi connectivity index (χ1v) is 7.84. The van der Waals surface area contributed by atoms with E-state index >= 15 is 0 Å². The number of ether oxygens (including phenoxy) is 3. The molecule has 2 heterocycles. The molecule has 0 atom stereocenters. The fourth-order valence-electron chi connectivity index (χ4n) is 2.36. The molecule has 0 unspecified atom stereocenters. The van der Waals surface area contributed by atoms with Gasteiger partial charge in [0, 0.05) is 10.6 Å². The van der Waals surface area contributed by atoms with Gasteiger partial charge in [-0.15, -0.1) is 0 Å². The normalized spacial score (nSPS) is 12.2. The summed E-state index contributed by atoms with van der Waals surface area (Å²) < 4.78 is 21.3. The number of carbonyl (C=O) groups excluding carboxylic acids is 1. The van der Waals surface area contributed by atoms with Gasteiger partial charge in [-0.1, -0.05) is 11.6 Å². The third-order valence-corrected chi connectivity index (χ3v) is 3.87. The zero-order chi connectivity index (χ0) is 17.2. The van der Waals surface area contributed by atoms with E-state index in [1.165, 1.54) is 0 Å². The number of halogens is 1. The summed E-state index contributed by atoms with van der Waals surface area (Å²) >= 11 is 5.86. The highest BCUT2D eigenvalue weighted by Gasteiger charge is 2.17. The van der Waals surface area contributed by atoms with Crippen molar-refractivity contribution in [2.75, 3.05) is 6.79 Å². The van der Waals surface area contributed by atoms with E-state index in [-0.39, 0.29) is 13.4 Å². The Kier molecular flexibility index (Phi) is 4.03. The molecule has 0 saturated heterocycles. The Bertz CT molecular complexity index is 919. The summed E-state index contributed by atoms with van der Waals surface area (Å²) in [6.07, 6.45) is 1.58. The van der Waals surface area contributed by atoms with Crippen LogP contribution < -0.4 is 9.47 Å². The van der Waals surface area contributed by atoms with Gasteiger partial charge in [-0.25, -0.2) is 9.78 Å². The first-order chi connectivity index (χ1) is 12.2. The molecule has 6 nitrogen and oxygen atoms in total. The number of fused-ring (bicyclic) bond motifs is 1. The van der Waals surface area contributed by atoms with Gasteiger partial charge in [0.15, 0.2) is 23.9 Å². The Morgan fingerprint density at radius 2 is 1.92 bits per heavy atom. The van der Waals surface area contributed by atoms with Crippen molar-refractivity contribution < 1.29 is 23.4 Å². The molecule has 1 aliphatic rings. The Labute approximate surface area is 147 Å². The molecule has 4 rings (SSSR count). The van der Waals surface area contributed by atoms with E-state index in [4.69, 9.17) is 30.2 Å². The molecule has 1 aromatic heterocycles. The molecule has 0 saturated carbocycles. The number of benzene rings is 2. The van der Waals surface area contributed by atoms with Crippen molar-refractivity contribution in [2.24, 2.45) is 0 Å². The smallest absolute Gasteiger partial charge is 0.338 e. The Balaban J connectivity index is 1.41. The number of hydrogen-bond donors (Lipinski definition) is 0. The zero-order valence-electron chi connectivity index (χ0n) is 12.9. The highest BCUT2D eigenvalue weighted by Crippen LogP contribution is 2.32. The molecule has 0 fully saturated rings. The second kappa shape index (κ2) is 6.49. The molecule has 0 radical (unpaired) electrons. The number of nitrogens with zero attached hydrogens (tertiary/aromatic N) is 1. The van der Waals surface area contributed by atoms with Gasteiger partial charge in [-0.2, -0.15) is 0 Å². The van der Waals surface area contributed by atoms with Crippen LogP contribution in [0.5, 0.6) is 11.5 Å². The largest absolute Gasteiger partial charge is 0.454 e. The average molecular weight is 358 g/mol. The second-order valence-corrected chi connectivity index (χ2v) is 5.71. The minimum atomic E-state index is -0.496. The summed E-state index contributed by atoms with van der Waals surface area (Å²) in [4.78, 5) is 16.2. The molecule has 0 bridgehead atoms. The summed E-state index contributed by atoms with van der Waals surface area (Å²) in [5.41, 5.74) is 1.21. The molecular formula is C18H12ClNO5. The number of aromatic nitrogens is 1. The van der Waals surface area contributed by atoms with Crippen LogP contribution in [0.1, 0.15) is 16.2 Å². The molecule has 0 N–H and O–H groups in total. The predicted octanol–water partition coefficient (Wildman–Crippen LogP) is 4.08. The highest BCUT2D eigenvalue weighted by atomic mass is 35.5. The number of hydrogen-bond acceptors (Lipinski definition) is 6. The van der Waals surface area contributed by atoms with Gasteiger partial charge in [0.2, 0.25) is 12.7 Å². The highest BCUT2D eigenvalue weighted by molar-refractivity contribution is 6.30. The Hall–Kier alpha value is -2.99. The molecule has 0 amide bonds. The van der Waals surface area contributed by atoms with E-state index in [0.717, 1.165) is 5.56 Å². The minimum Gasteiger partial charge on any atom is -0.454 e. The SMILES string of the molecule is O=C(OCc1ncc(-c2ccc(Cl)cc2)o1)c1ccc2c(c1)OCO2. The predicted molar refractivity (Wildman–Crippen MR) is 88.6 cm³/mol. The van der Waals surface area contributed by atoms with E-state index < -0.39 is 5.97 Å². The summed E-state index contributed by atoms with van der Waals surface area (Å²) in [6.45, 7) is 0.0818. The molecule has 7 heteroatoms. The summed E-state index contributed by atoms with van der Waals surface area (Å²) in [5, 5.41) is 0.640. The first-order valence-electron chi connectivity index (χ1n) is 7.46. The Morgan fingerprint density at radius 3 is 2.76 bits per heavy atom. The van der Waals surface area contributed by atoms with Gasteiger partial charge in [-0.3, -0.25) is 0 Å². The van der Waals surface area contributed by atoms with E-state index in [0.29, 0.717) is 33.7 Å². The Morgan fingerprint density at radius 1 is 1.12 bits per heavy atom. The maximum Gasteiger partial charge on any atom is 0.338 e. The average Bonchev–Trinajstić information content (AvgIpc) is 3.29. The zero-order valence-corrected chi connectivity index (χ0v) is 13.7. The fraction of sp³-hybridized carbons (Fsp3) is 0.111. The van der Waals surface area contributed by atoms with E-state index in [9.17, 15) is 4.79 Å². The van der Waals surface area contributed by atoms with Crippen molar-refractivity contribution in [2.45, 2.75) is 6.61 Å². The van der Waals surface area contributed by atoms with Gasteiger partial charge < -0.3 is 18.6 Å². The maximum absolute atomic E-state index is 12.1. The van der Waals surface area contributed by atoms with Gasteiger partial charge in [-0.05, 0) is 42.5 Å². The molecule has 1 aliphatic heterocycles. The first kappa shape index (κ1) is 15.5. The van der Waals surface area contributed by atoms with E-state index in [1.54, 1.807) is 36.5 Å². The van der Waals surface area contributed by atoms with Gasteiger partial charge in [0.1, 0.15) is 0 Å². The molecule has 25 heavy (non-hydrogen) atoms. The molecule has 2 aromatic carbocycles. The van der Waals surface area contributed by atoms with Crippen LogP contribution in [0.4, 0.5) is 0 Å². The standard InChI is InChI=1S/C18H12ClNO5/c19-13-4-1-11(2-5-13)16-8-20-17(25-16)9-22-18(21)12-3-6-14-15(7-12)24-10-23-14/h1-8H,9-10H2. The molecular weight excluding hydrogens is 346 g/mol. The monoisotopic (exact) mass is 357 g/mol. The summed E-state index contributed by atoms with van der Waals surface area (Å²) in [5.74, 6) is 1.52. The van der Waals surface area contributed by atoms with Crippen LogP contribution in [0.25, 0.3) is 11.3 Å². The van der Waals surface area contributed by atoms with Crippen molar-refractivity contribution in [3.8, 4) is 22.8 Å². The summed E-state index contributed by atoms with van der Waals surface area (Å²) in [6, 6.07) is 12.0. The van der Waals surface area contributed by atoms with Crippen LogP contribution in [0.15, 0.2) is 53.1 Å². The van der Waals surface area contributed by atoms with E-state index in [2.05, 4.69) is 4.98 Å². The van der Waals surface area contributed by atoms with Gasteiger partial charge >= 0.3 is 5.97 Å². The van der Waals surface area contributed by atoms with Crippen LogP contribution in [-0.2, 0) is 11.3 Å². The minimum absolute atomic E-state index is 0.0686. The number of esters is 1. The van der Waals surface area contributed by atoms with Crippen molar-refractivity contribution in [3.05, 3.63) is 65.1 Å². The third kappa shape index (κ3) is 3.29. The molecule has 126 valence electrons. The maximum atomic E-state index is 12.1. The van der Waals surface area contributed by atoms with Crippen molar-refractivity contribution in [1.82, 2.24) is 4.98 Å². The number of oxazole rings is 1. The van der Waals surface area contributed by atoms with Crippen molar-refractivity contribution in [1.29, 1.82) is 0 Å². The lowest BCUT2D eigenvalue weighted by Crippen LogP contribution is -2.05. The van der Waals surface area contributed by atoms with Crippen LogP contribution in [0.3, 0.4) is 0 Å². The lowest BCUT2D eigenvalue weighted by molar-refractivity contribution is 0.0438. The van der Waals surface area contributed by atoms with Crippen molar-refractivity contribution >= 4 is 17.6 Å². The van der Waals surface area contributed by atoms with Crippen LogP contribution in [-0.4, -0.2) is 17.7 Å². The molecule has 0 aliphatic carbocycles. The quantitative estimate of drug-likeness (QED) is 0.655. The number of carbonyl (C=O) groups is 1.